The maximum atomic E-state index is 12.4. The van der Waals surface area contributed by atoms with Crippen LogP contribution in [0.1, 0.15) is 29.6 Å². The van der Waals surface area contributed by atoms with E-state index in [1.165, 1.54) is 12.3 Å². The molecule has 2 aliphatic rings. The summed E-state index contributed by atoms with van der Waals surface area (Å²) in [5, 5.41) is 0. The maximum absolute atomic E-state index is 12.4. The molecule has 1 aliphatic heterocycles. The number of aromatic amines is 1. The molecule has 1 unspecified atom stereocenters. The Labute approximate surface area is 111 Å². The number of rotatable bonds is 1. The first kappa shape index (κ1) is 12.4. The van der Waals surface area contributed by atoms with E-state index in [1.54, 1.807) is 6.07 Å². The van der Waals surface area contributed by atoms with Crippen molar-refractivity contribution in [2.45, 2.75) is 25.3 Å². The van der Waals surface area contributed by atoms with Crippen molar-refractivity contribution >= 4 is 5.91 Å². The molecule has 3 rings (SSSR count). The molecule has 19 heavy (non-hydrogen) atoms. The number of nitrogens with two attached hydrogens (primary N) is 1. The lowest BCUT2D eigenvalue weighted by Crippen LogP contribution is -2.32. The summed E-state index contributed by atoms with van der Waals surface area (Å²) < 4.78 is 0. The Hall–Kier alpha value is -1.62. The number of amides is 1. The predicted octanol–water partition coefficient (Wildman–Crippen LogP) is 0.574. The average molecular weight is 261 g/mol. The third-order valence-electron chi connectivity index (χ3n) is 4.40. The van der Waals surface area contributed by atoms with Gasteiger partial charge in [0.1, 0.15) is 0 Å². The van der Waals surface area contributed by atoms with Gasteiger partial charge in [-0.25, -0.2) is 0 Å². The lowest BCUT2D eigenvalue weighted by molar-refractivity contribution is 0.0783. The zero-order valence-corrected chi connectivity index (χ0v) is 10.8. The monoisotopic (exact) mass is 261 g/mol. The Kier molecular flexibility index (Phi) is 3.14. The molecule has 2 fully saturated rings. The van der Waals surface area contributed by atoms with Gasteiger partial charge in [-0.3, -0.25) is 9.59 Å². The van der Waals surface area contributed by atoms with Crippen molar-refractivity contribution in [3.63, 3.8) is 0 Å². The van der Waals surface area contributed by atoms with Gasteiger partial charge in [0, 0.05) is 37.0 Å². The predicted molar refractivity (Wildman–Crippen MR) is 71.8 cm³/mol. The van der Waals surface area contributed by atoms with E-state index >= 15 is 0 Å². The fourth-order valence-electron chi connectivity index (χ4n) is 3.39. The molecule has 5 heteroatoms. The molecule has 5 nitrogen and oxygen atoms in total. The van der Waals surface area contributed by atoms with E-state index in [2.05, 4.69) is 4.98 Å². The minimum atomic E-state index is -0.232. The second-order valence-electron chi connectivity index (χ2n) is 5.75. The highest BCUT2D eigenvalue weighted by atomic mass is 16.2. The minimum Gasteiger partial charge on any atom is -0.338 e. The highest BCUT2D eigenvalue weighted by Crippen LogP contribution is 2.36. The van der Waals surface area contributed by atoms with Gasteiger partial charge in [0.2, 0.25) is 5.56 Å². The number of fused-ring (bicyclic) bond motifs is 1. The van der Waals surface area contributed by atoms with Gasteiger partial charge >= 0.3 is 0 Å². The van der Waals surface area contributed by atoms with Gasteiger partial charge in [0.25, 0.3) is 5.91 Å². The number of hydrogen-bond acceptors (Lipinski definition) is 3. The first-order chi connectivity index (χ1) is 9.13. The topological polar surface area (TPSA) is 79.2 Å². The van der Waals surface area contributed by atoms with Gasteiger partial charge in [-0.05, 0) is 37.2 Å². The second kappa shape index (κ2) is 4.81. The summed E-state index contributed by atoms with van der Waals surface area (Å²) in [4.78, 5) is 28.0. The number of hydrogen-bond donors (Lipinski definition) is 2. The molecule has 3 atom stereocenters. The molecule has 102 valence electrons. The molecule has 0 spiro atoms. The summed E-state index contributed by atoms with van der Waals surface area (Å²) in [5.41, 5.74) is 6.24. The van der Waals surface area contributed by atoms with Crippen LogP contribution in [0.25, 0.3) is 0 Å². The molecule has 1 aromatic rings. The summed E-state index contributed by atoms with van der Waals surface area (Å²) in [7, 11) is 0. The van der Waals surface area contributed by atoms with Gasteiger partial charge < -0.3 is 15.6 Å². The van der Waals surface area contributed by atoms with E-state index < -0.39 is 0 Å². The lowest BCUT2D eigenvalue weighted by Gasteiger charge is -2.27. The molecule has 2 heterocycles. The van der Waals surface area contributed by atoms with Gasteiger partial charge in [0.15, 0.2) is 0 Å². The van der Waals surface area contributed by atoms with Crippen molar-refractivity contribution < 1.29 is 4.79 Å². The van der Waals surface area contributed by atoms with Crippen molar-refractivity contribution in [3.05, 3.63) is 34.2 Å². The summed E-state index contributed by atoms with van der Waals surface area (Å²) >= 11 is 0. The van der Waals surface area contributed by atoms with Crippen LogP contribution in [-0.4, -0.2) is 34.9 Å². The minimum absolute atomic E-state index is 0.0333. The number of nitrogens with zero attached hydrogens (tertiary/aromatic N) is 1. The normalized spacial score (nSPS) is 30.2. The number of pyridine rings is 1. The molecular weight excluding hydrogens is 242 g/mol. The number of likely N-dealkylation sites (tertiary alicyclic amines) is 1. The summed E-state index contributed by atoms with van der Waals surface area (Å²) in [6.07, 6.45) is 4.72. The number of aromatic nitrogens is 1. The van der Waals surface area contributed by atoms with Crippen LogP contribution in [0.15, 0.2) is 23.1 Å². The highest BCUT2D eigenvalue weighted by Gasteiger charge is 2.38. The van der Waals surface area contributed by atoms with Gasteiger partial charge in [0.05, 0.1) is 0 Å². The molecule has 0 aromatic carbocycles. The summed E-state index contributed by atoms with van der Waals surface area (Å²) in [6, 6.07) is 3.32. The number of carbonyl (C=O) groups excluding carboxylic acids is 1. The van der Waals surface area contributed by atoms with Crippen LogP contribution in [0.2, 0.25) is 0 Å². The number of H-pyrrole nitrogens is 1. The first-order valence-electron chi connectivity index (χ1n) is 6.87. The Morgan fingerprint density at radius 3 is 2.89 bits per heavy atom. The molecule has 1 aromatic heterocycles. The van der Waals surface area contributed by atoms with Crippen LogP contribution in [0, 0.1) is 11.8 Å². The van der Waals surface area contributed by atoms with Gasteiger partial charge in [-0.15, -0.1) is 0 Å². The molecule has 1 saturated carbocycles. The summed E-state index contributed by atoms with van der Waals surface area (Å²) in [6.45, 7) is 1.59. The average Bonchev–Trinajstić information content (AvgIpc) is 2.80. The maximum Gasteiger partial charge on any atom is 0.254 e. The first-order valence-corrected chi connectivity index (χ1v) is 6.87. The van der Waals surface area contributed by atoms with E-state index in [0.29, 0.717) is 17.4 Å². The van der Waals surface area contributed by atoms with Crippen molar-refractivity contribution in [1.82, 2.24) is 9.88 Å². The number of nitrogens with one attached hydrogen (secondary N) is 1. The quantitative estimate of drug-likeness (QED) is 0.776. The zero-order valence-electron chi connectivity index (χ0n) is 10.8. The van der Waals surface area contributed by atoms with Crippen molar-refractivity contribution in [1.29, 1.82) is 0 Å². The fourth-order valence-corrected chi connectivity index (χ4v) is 3.39. The molecule has 1 saturated heterocycles. The molecular formula is C14H19N3O2. The smallest absolute Gasteiger partial charge is 0.254 e. The van der Waals surface area contributed by atoms with Crippen molar-refractivity contribution in [2.24, 2.45) is 17.6 Å². The van der Waals surface area contributed by atoms with Gasteiger partial charge in [-0.1, -0.05) is 0 Å². The lowest BCUT2D eigenvalue weighted by atomic mass is 9.79. The summed E-state index contributed by atoms with van der Waals surface area (Å²) in [5.74, 6) is 1.09. The molecule has 0 bridgehead atoms. The third-order valence-corrected chi connectivity index (χ3v) is 4.40. The Bertz CT molecular complexity index is 539. The standard InChI is InChI=1S/C14H19N3O2/c15-12-2-1-10-7-17(8-11(10)5-12)14(19)9-3-4-16-13(18)6-9/h3-4,6,10-12H,1-2,5,7-8,15H2,(H,16,18)/t10-,11+,12?/m1/s1. The van der Waals surface area contributed by atoms with E-state index in [9.17, 15) is 9.59 Å². The van der Waals surface area contributed by atoms with Crippen LogP contribution in [-0.2, 0) is 0 Å². The van der Waals surface area contributed by atoms with Crippen LogP contribution >= 0.6 is 0 Å². The SMILES string of the molecule is NC1CC[C@@H]2CN(C(=O)c3cc[nH]c(=O)c3)C[C@@H]2C1. The molecule has 3 N–H and O–H groups in total. The van der Waals surface area contributed by atoms with Crippen molar-refractivity contribution in [3.8, 4) is 0 Å². The van der Waals surface area contributed by atoms with Crippen LogP contribution in [0.4, 0.5) is 0 Å². The van der Waals surface area contributed by atoms with E-state index in [4.69, 9.17) is 5.73 Å². The Morgan fingerprint density at radius 2 is 2.11 bits per heavy atom. The molecule has 0 radical (unpaired) electrons. The van der Waals surface area contributed by atoms with E-state index in [1.807, 2.05) is 4.90 Å². The largest absolute Gasteiger partial charge is 0.338 e. The Morgan fingerprint density at radius 1 is 1.32 bits per heavy atom. The molecule has 1 aliphatic carbocycles. The van der Waals surface area contributed by atoms with E-state index in [0.717, 1.165) is 32.4 Å². The van der Waals surface area contributed by atoms with Crippen molar-refractivity contribution in [2.75, 3.05) is 13.1 Å². The van der Waals surface area contributed by atoms with E-state index in [-0.39, 0.29) is 17.5 Å². The van der Waals surface area contributed by atoms with Gasteiger partial charge in [-0.2, -0.15) is 0 Å². The second-order valence-corrected chi connectivity index (χ2v) is 5.75. The van der Waals surface area contributed by atoms with Crippen LogP contribution in [0.5, 0.6) is 0 Å². The molecule has 1 amide bonds. The van der Waals surface area contributed by atoms with Crippen LogP contribution < -0.4 is 11.3 Å². The third kappa shape index (κ3) is 2.42. The number of carbonyl (C=O) groups is 1. The zero-order chi connectivity index (χ0) is 13.4. The highest BCUT2D eigenvalue weighted by molar-refractivity contribution is 5.94. The van der Waals surface area contributed by atoms with Crippen LogP contribution in [0.3, 0.4) is 0 Å². The Balaban J connectivity index is 1.74. The fraction of sp³-hybridized carbons (Fsp3) is 0.571.